The summed E-state index contributed by atoms with van der Waals surface area (Å²) in [5, 5.41) is 0. The number of ether oxygens (including phenoxy) is 1. The molecule has 0 spiro atoms. The van der Waals surface area contributed by atoms with E-state index in [1.54, 1.807) is 13.3 Å². The molecule has 0 aliphatic heterocycles. The molecule has 0 fully saturated rings. The van der Waals surface area contributed by atoms with Crippen molar-refractivity contribution in [2.75, 3.05) is 7.11 Å². The van der Waals surface area contributed by atoms with Crippen molar-refractivity contribution in [1.82, 2.24) is 9.97 Å². The van der Waals surface area contributed by atoms with Crippen molar-refractivity contribution in [1.29, 1.82) is 0 Å². The molecular weight excluding hydrogens is 240 g/mol. The lowest BCUT2D eigenvalue weighted by Crippen LogP contribution is -1.88. The Morgan fingerprint density at radius 3 is 2.74 bits per heavy atom. The average molecular weight is 254 g/mol. The van der Waals surface area contributed by atoms with Crippen LogP contribution in [0.15, 0.2) is 40.9 Å². The van der Waals surface area contributed by atoms with Gasteiger partial charge in [-0.1, -0.05) is 12.1 Å². The predicted molar refractivity (Wildman–Crippen MR) is 72.3 cm³/mol. The van der Waals surface area contributed by atoms with Crippen LogP contribution in [0.5, 0.6) is 5.75 Å². The Morgan fingerprint density at radius 2 is 2.00 bits per heavy atom. The van der Waals surface area contributed by atoms with E-state index in [-0.39, 0.29) is 0 Å². The first-order valence-electron chi connectivity index (χ1n) is 6.09. The zero-order chi connectivity index (χ0) is 13.2. The van der Waals surface area contributed by atoms with Gasteiger partial charge in [0, 0.05) is 12.6 Å². The standard InChI is InChI=1S/C15H14N2O2/c1-10-7-13-15(16-9-10)19-14(17-13)8-11-3-5-12(18-2)6-4-11/h3-7,9H,8H2,1-2H3. The van der Waals surface area contributed by atoms with Crippen molar-refractivity contribution in [3.63, 3.8) is 0 Å². The Balaban J connectivity index is 1.87. The third-order valence-electron chi connectivity index (χ3n) is 2.94. The molecule has 0 radical (unpaired) electrons. The maximum atomic E-state index is 5.63. The third-order valence-corrected chi connectivity index (χ3v) is 2.94. The molecular formula is C15H14N2O2. The number of aromatic nitrogens is 2. The summed E-state index contributed by atoms with van der Waals surface area (Å²) in [7, 11) is 1.66. The van der Waals surface area contributed by atoms with Crippen LogP contribution in [0, 0.1) is 6.92 Å². The van der Waals surface area contributed by atoms with Crippen molar-refractivity contribution < 1.29 is 9.15 Å². The fraction of sp³-hybridized carbons (Fsp3) is 0.200. The van der Waals surface area contributed by atoms with E-state index in [1.165, 1.54) is 0 Å². The van der Waals surface area contributed by atoms with Gasteiger partial charge in [0.1, 0.15) is 11.3 Å². The molecule has 2 heterocycles. The first-order chi connectivity index (χ1) is 9.24. The normalized spacial score (nSPS) is 10.8. The first kappa shape index (κ1) is 11.7. The van der Waals surface area contributed by atoms with Crippen molar-refractivity contribution in [2.24, 2.45) is 0 Å². The number of oxazole rings is 1. The van der Waals surface area contributed by atoms with Crippen LogP contribution < -0.4 is 4.74 Å². The monoisotopic (exact) mass is 254 g/mol. The molecule has 0 saturated heterocycles. The molecule has 4 nitrogen and oxygen atoms in total. The quantitative estimate of drug-likeness (QED) is 0.720. The number of methoxy groups -OCH3 is 1. The summed E-state index contributed by atoms with van der Waals surface area (Å²) in [6.07, 6.45) is 2.43. The van der Waals surface area contributed by atoms with E-state index >= 15 is 0 Å². The van der Waals surface area contributed by atoms with Crippen molar-refractivity contribution in [3.05, 3.63) is 53.5 Å². The van der Waals surface area contributed by atoms with Gasteiger partial charge in [-0.15, -0.1) is 0 Å². The molecule has 0 bridgehead atoms. The van der Waals surface area contributed by atoms with Crippen LogP contribution in [0.1, 0.15) is 17.0 Å². The van der Waals surface area contributed by atoms with Gasteiger partial charge in [0.25, 0.3) is 0 Å². The molecule has 2 aromatic heterocycles. The Hall–Kier alpha value is -2.36. The molecule has 0 atom stereocenters. The molecule has 1 aromatic carbocycles. The third kappa shape index (κ3) is 2.42. The minimum absolute atomic E-state index is 0.592. The molecule has 3 rings (SSSR count). The van der Waals surface area contributed by atoms with E-state index in [9.17, 15) is 0 Å². The zero-order valence-electron chi connectivity index (χ0n) is 10.9. The fourth-order valence-corrected chi connectivity index (χ4v) is 1.96. The van der Waals surface area contributed by atoms with Gasteiger partial charge in [-0.2, -0.15) is 0 Å². The summed E-state index contributed by atoms with van der Waals surface area (Å²) in [5.74, 6) is 1.52. The van der Waals surface area contributed by atoms with Crippen LogP contribution in [0.25, 0.3) is 11.2 Å². The molecule has 0 unspecified atom stereocenters. The molecule has 0 amide bonds. The summed E-state index contributed by atoms with van der Waals surface area (Å²) in [4.78, 5) is 8.67. The smallest absolute Gasteiger partial charge is 0.246 e. The van der Waals surface area contributed by atoms with Crippen LogP contribution in [-0.4, -0.2) is 17.1 Å². The highest BCUT2D eigenvalue weighted by molar-refractivity contribution is 5.68. The van der Waals surface area contributed by atoms with E-state index in [1.807, 2.05) is 37.3 Å². The van der Waals surface area contributed by atoms with E-state index in [0.717, 1.165) is 22.4 Å². The molecule has 96 valence electrons. The van der Waals surface area contributed by atoms with Crippen LogP contribution in [0.2, 0.25) is 0 Å². The second kappa shape index (κ2) is 4.72. The van der Waals surface area contributed by atoms with Crippen LogP contribution in [-0.2, 0) is 6.42 Å². The van der Waals surface area contributed by atoms with Crippen molar-refractivity contribution in [2.45, 2.75) is 13.3 Å². The predicted octanol–water partition coefficient (Wildman–Crippen LogP) is 3.13. The Morgan fingerprint density at radius 1 is 1.21 bits per heavy atom. The number of benzene rings is 1. The number of rotatable bonds is 3. The highest BCUT2D eigenvalue weighted by Crippen LogP contribution is 2.18. The Bertz CT molecular complexity index is 702. The van der Waals surface area contributed by atoms with Gasteiger partial charge in [-0.3, -0.25) is 0 Å². The van der Waals surface area contributed by atoms with Gasteiger partial charge in [-0.25, -0.2) is 9.97 Å². The number of hydrogen-bond donors (Lipinski definition) is 0. The van der Waals surface area contributed by atoms with E-state index < -0.39 is 0 Å². The highest BCUT2D eigenvalue weighted by atomic mass is 16.5. The average Bonchev–Trinajstić information content (AvgIpc) is 2.81. The minimum atomic E-state index is 0.592. The molecule has 0 saturated carbocycles. The minimum Gasteiger partial charge on any atom is -0.497 e. The van der Waals surface area contributed by atoms with E-state index in [4.69, 9.17) is 9.15 Å². The van der Waals surface area contributed by atoms with Gasteiger partial charge in [0.05, 0.1) is 7.11 Å². The van der Waals surface area contributed by atoms with Gasteiger partial charge in [0.2, 0.25) is 11.6 Å². The van der Waals surface area contributed by atoms with Crippen LogP contribution in [0.3, 0.4) is 0 Å². The maximum absolute atomic E-state index is 5.63. The number of hydrogen-bond acceptors (Lipinski definition) is 4. The Kier molecular flexibility index (Phi) is 2.91. The van der Waals surface area contributed by atoms with Crippen LogP contribution >= 0.6 is 0 Å². The van der Waals surface area contributed by atoms with Gasteiger partial charge in [0.15, 0.2) is 0 Å². The molecule has 3 aromatic rings. The largest absolute Gasteiger partial charge is 0.497 e. The topological polar surface area (TPSA) is 48.2 Å². The fourth-order valence-electron chi connectivity index (χ4n) is 1.96. The van der Waals surface area contributed by atoms with Crippen molar-refractivity contribution >= 4 is 11.2 Å². The number of nitrogens with zero attached hydrogens (tertiary/aromatic N) is 2. The number of aryl methyl sites for hydroxylation is 1. The van der Waals surface area contributed by atoms with Gasteiger partial charge >= 0.3 is 0 Å². The maximum Gasteiger partial charge on any atom is 0.246 e. The van der Waals surface area contributed by atoms with Gasteiger partial charge < -0.3 is 9.15 Å². The second-order valence-corrected chi connectivity index (χ2v) is 4.47. The highest BCUT2D eigenvalue weighted by Gasteiger charge is 2.07. The molecule has 0 N–H and O–H groups in total. The summed E-state index contributed by atoms with van der Waals surface area (Å²) < 4.78 is 10.8. The Labute approximate surface area is 111 Å². The summed E-state index contributed by atoms with van der Waals surface area (Å²) in [6.45, 7) is 1.99. The van der Waals surface area contributed by atoms with Gasteiger partial charge in [-0.05, 0) is 36.2 Å². The summed E-state index contributed by atoms with van der Waals surface area (Å²) >= 11 is 0. The molecule has 4 heteroatoms. The molecule has 0 aliphatic rings. The van der Waals surface area contributed by atoms with Crippen LogP contribution in [0.4, 0.5) is 0 Å². The lowest BCUT2D eigenvalue weighted by atomic mass is 10.1. The lowest BCUT2D eigenvalue weighted by molar-refractivity contribution is 0.414. The molecule has 0 aliphatic carbocycles. The summed E-state index contributed by atoms with van der Waals surface area (Å²) in [5.41, 5.74) is 3.61. The SMILES string of the molecule is COc1ccc(Cc2nc3cc(C)cnc3o2)cc1. The van der Waals surface area contributed by atoms with E-state index in [2.05, 4.69) is 9.97 Å². The first-order valence-corrected chi connectivity index (χ1v) is 6.09. The second-order valence-electron chi connectivity index (χ2n) is 4.47. The number of fused-ring (bicyclic) bond motifs is 1. The van der Waals surface area contributed by atoms with E-state index in [0.29, 0.717) is 18.0 Å². The lowest BCUT2D eigenvalue weighted by Gasteiger charge is -2.00. The molecule has 19 heavy (non-hydrogen) atoms. The van der Waals surface area contributed by atoms with Crippen molar-refractivity contribution in [3.8, 4) is 5.75 Å². The zero-order valence-corrected chi connectivity index (χ0v) is 10.9. The number of pyridine rings is 1. The summed E-state index contributed by atoms with van der Waals surface area (Å²) in [6, 6.07) is 9.85.